The molecule has 0 aromatic heterocycles. The Hall–Kier alpha value is -1.79. The molecule has 0 aliphatic carbocycles. The second-order valence-corrected chi connectivity index (χ2v) is 5.67. The molecule has 1 saturated heterocycles. The predicted molar refractivity (Wildman–Crippen MR) is 77.9 cm³/mol. The second kappa shape index (κ2) is 7.28. The average Bonchev–Trinajstić information content (AvgIpc) is 2.46. The van der Waals surface area contributed by atoms with Crippen LogP contribution < -0.4 is 5.32 Å². The van der Waals surface area contributed by atoms with Crippen LogP contribution in [-0.4, -0.2) is 66.5 Å². The molecule has 1 atom stereocenters. The normalized spacial score (nSPS) is 21.8. The Kier molecular flexibility index (Phi) is 5.99. The number of nitrogens with zero attached hydrogens (tertiary/aromatic N) is 2. The molecule has 7 nitrogen and oxygen atoms in total. The van der Waals surface area contributed by atoms with Crippen LogP contribution in [0.4, 0.5) is 4.79 Å². The van der Waals surface area contributed by atoms with Crippen molar-refractivity contribution in [1.82, 2.24) is 15.1 Å². The highest BCUT2D eigenvalue weighted by Crippen LogP contribution is 2.35. The number of carboxylic acids is 1. The van der Waals surface area contributed by atoms with Gasteiger partial charge in [-0.3, -0.25) is 9.59 Å². The van der Waals surface area contributed by atoms with Crippen molar-refractivity contribution in [2.24, 2.45) is 5.41 Å². The lowest BCUT2D eigenvalue weighted by Gasteiger charge is -2.41. The fraction of sp³-hybridized carbons (Fsp3) is 0.786. The summed E-state index contributed by atoms with van der Waals surface area (Å²) in [5.41, 5.74) is -0.851. The lowest BCUT2D eigenvalue weighted by atomic mass is 9.76. The predicted octanol–water partition coefficient (Wildman–Crippen LogP) is 0.751. The summed E-state index contributed by atoms with van der Waals surface area (Å²) in [6.07, 6.45) is 2.60. The van der Waals surface area contributed by atoms with E-state index in [0.29, 0.717) is 25.8 Å². The Bertz CT molecular complexity index is 409. The highest BCUT2D eigenvalue weighted by atomic mass is 16.4. The first kappa shape index (κ1) is 17.3. The van der Waals surface area contributed by atoms with Crippen LogP contribution in [0.25, 0.3) is 0 Å². The van der Waals surface area contributed by atoms with Gasteiger partial charge < -0.3 is 20.2 Å². The third-order valence-electron chi connectivity index (χ3n) is 4.02. The molecule has 0 spiro atoms. The number of piperidine rings is 1. The van der Waals surface area contributed by atoms with E-state index in [2.05, 4.69) is 5.32 Å². The number of carboxylic acid groups (broad SMARTS) is 1. The van der Waals surface area contributed by atoms with Crippen molar-refractivity contribution in [3.8, 4) is 0 Å². The van der Waals surface area contributed by atoms with Crippen LogP contribution in [0.15, 0.2) is 0 Å². The molecule has 2 N–H and O–H groups in total. The third-order valence-corrected chi connectivity index (χ3v) is 4.02. The van der Waals surface area contributed by atoms with E-state index in [9.17, 15) is 19.5 Å². The molecule has 1 rings (SSSR count). The second-order valence-electron chi connectivity index (χ2n) is 5.67. The molecule has 0 aromatic carbocycles. The highest BCUT2D eigenvalue weighted by Gasteiger charge is 2.43. The van der Waals surface area contributed by atoms with Gasteiger partial charge in [0.15, 0.2) is 0 Å². The minimum Gasteiger partial charge on any atom is -0.481 e. The molecule has 0 radical (unpaired) electrons. The van der Waals surface area contributed by atoms with Gasteiger partial charge in [0.05, 0.1) is 5.41 Å². The van der Waals surface area contributed by atoms with Gasteiger partial charge >= 0.3 is 12.0 Å². The lowest BCUT2D eigenvalue weighted by molar-refractivity contribution is -0.152. The number of nitrogens with one attached hydrogen (secondary N) is 1. The first-order valence-corrected chi connectivity index (χ1v) is 7.30. The van der Waals surface area contributed by atoms with Crippen LogP contribution in [-0.2, 0) is 9.59 Å². The van der Waals surface area contributed by atoms with Crippen LogP contribution in [0.1, 0.15) is 32.6 Å². The molecule has 0 saturated carbocycles. The van der Waals surface area contributed by atoms with Gasteiger partial charge in [0.1, 0.15) is 6.54 Å². The van der Waals surface area contributed by atoms with Gasteiger partial charge in [0.25, 0.3) is 0 Å². The van der Waals surface area contributed by atoms with Crippen molar-refractivity contribution >= 4 is 17.9 Å². The van der Waals surface area contributed by atoms with Gasteiger partial charge in [-0.1, -0.05) is 13.3 Å². The molecular formula is C14H25N3O4. The Morgan fingerprint density at radius 2 is 2.05 bits per heavy atom. The monoisotopic (exact) mass is 299 g/mol. The summed E-state index contributed by atoms with van der Waals surface area (Å²) in [5, 5.41) is 12.0. The molecule has 1 heterocycles. The van der Waals surface area contributed by atoms with Crippen LogP contribution in [0, 0.1) is 5.41 Å². The minimum atomic E-state index is -0.851. The number of carbonyl (C=O) groups excluding carboxylic acids is 2. The smallest absolute Gasteiger partial charge is 0.320 e. The Balaban J connectivity index is 2.76. The quantitative estimate of drug-likeness (QED) is 0.784. The zero-order valence-corrected chi connectivity index (χ0v) is 13.0. The first-order chi connectivity index (χ1) is 9.86. The number of amides is 3. The van der Waals surface area contributed by atoms with E-state index in [0.717, 1.165) is 6.42 Å². The van der Waals surface area contributed by atoms with Gasteiger partial charge in [-0.15, -0.1) is 0 Å². The van der Waals surface area contributed by atoms with Crippen LogP contribution >= 0.6 is 0 Å². The van der Waals surface area contributed by atoms with E-state index in [4.69, 9.17) is 0 Å². The summed E-state index contributed by atoms with van der Waals surface area (Å²) in [5.74, 6) is -1.09. The topological polar surface area (TPSA) is 90.0 Å². The van der Waals surface area contributed by atoms with Gasteiger partial charge in [0.2, 0.25) is 5.91 Å². The van der Waals surface area contributed by atoms with Crippen molar-refractivity contribution in [2.45, 2.75) is 32.6 Å². The van der Waals surface area contributed by atoms with E-state index in [-0.39, 0.29) is 25.0 Å². The van der Waals surface area contributed by atoms with Crippen LogP contribution in [0.5, 0.6) is 0 Å². The molecule has 1 unspecified atom stereocenters. The van der Waals surface area contributed by atoms with Crippen molar-refractivity contribution in [3.63, 3.8) is 0 Å². The Morgan fingerprint density at radius 1 is 1.38 bits per heavy atom. The van der Waals surface area contributed by atoms with E-state index >= 15 is 0 Å². The summed E-state index contributed by atoms with van der Waals surface area (Å²) < 4.78 is 0. The van der Waals surface area contributed by atoms with Crippen molar-refractivity contribution in [3.05, 3.63) is 0 Å². The van der Waals surface area contributed by atoms with Crippen LogP contribution in [0.2, 0.25) is 0 Å². The molecule has 7 heteroatoms. The van der Waals surface area contributed by atoms with Crippen molar-refractivity contribution in [1.29, 1.82) is 0 Å². The lowest BCUT2D eigenvalue weighted by Crippen LogP contribution is -2.53. The summed E-state index contributed by atoms with van der Waals surface area (Å²) in [6.45, 7) is 2.67. The van der Waals surface area contributed by atoms with Gasteiger partial charge in [-0.05, 0) is 19.3 Å². The van der Waals surface area contributed by atoms with Crippen LogP contribution in [0.3, 0.4) is 0 Å². The molecule has 0 bridgehead atoms. The zero-order chi connectivity index (χ0) is 16.0. The summed E-state index contributed by atoms with van der Waals surface area (Å²) >= 11 is 0. The molecule has 3 amide bonds. The number of likely N-dealkylation sites (N-methyl/N-ethyl adjacent to an activating group) is 2. The van der Waals surface area contributed by atoms with E-state index < -0.39 is 11.4 Å². The van der Waals surface area contributed by atoms with E-state index in [1.807, 2.05) is 6.92 Å². The van der Waals surface area contributed by atoms with Gasteiger partial charge in [0, 0.05) is 27.2 Å². The summed E-state index contributed by atoms with van der Waals surface area (Å²) in [4.78, 5) is 38.2. The fourth-order valence-corrected chi connectivity index (χ4v) is 2.86. The number of hydrogen-bond donors (Lipinski definition) is 2. The van der Waals surface area contributed by atoms with Crippen molar-refractivity contribution < 1.29 is 19.5 Å². The number of likely N-dealkylation sites (tertiary alicyclic amines) is 1. The number of rotatable bonds is 5. The summed E-state index contributed by atoms with van der Waals surface area (Å²) in [7, 11) is 3.06. The van der Waals surface area contributed by atoms with Gasteiger partial charge in [-0.25, -0.2) is 4.79 Å². The minimum absolute atomic E-state index is 0.0281. The molecule has 120 valence electrons. The van der Waals surface area contributed by atoms with Crippen molar-refractivity contribution in [2.75, 3.05) is 33.7 Å². The maximum absolute atomic E-state index is 12.3. The number of urea groups is 1. The average molecular weight is 299 g/mol. The maximum Gasteiger partial charge on any atom is 0.320 e. The highest BCUT2D eigenvalue weighted by molar-refractivity contribution is 5.84. The number of hydrogen-bond acceptors (Lipinski definition) is 3. The first-order valence-electron chi connectivity index (χ1n) is 7.30. The summed E-state index contributed by atoms with van der Waals surface area (Å²) in [6, 6.07) is -0.292. The largest absolute Gasteiger partial charge is 0.481 e. The van der Waals surface area contributed by atoms with E-state index in [1.54, 1.807) is 11.9 Å². The maximum atomic E-state index is 12.3. The molecule has 0 aromatic rings. The Labute approximate surface area is 125 Å². The third kappa shape index (κ3) is 4.09. The fourth-order valence-electron chi connectivity index (χ4n) is 2.86. The SMILES string of the molecule is CCCC1(C(=O)O)CCCN(C(=O)N(C)CC(=O)NC)C1. The number of carbonyl (C=O) groups is 3. The molecule has 1 aliphatic heterocycles. The number of aliphatic carboxylic acids is 1. The molecule has 1 fully saturated rings. The molecular weight excluding hydrogens is 274 g/mol. The van der Waals surface area contributed by atoms with Gasteiger partial charge in [-0.2, -0.15) is 0 Å². The molecule has 21 heavy (non-hydrogen) atoms. The Morgan fingerprint density at radius 3 is 2.57 bits per heavy atom. The molecule has 1 aliphatic rings. The standard InChI is InChI=1S/C14H25N3O4/c1-4-6-14(12(19)20)7-5-8-17(10-14)13(21)16(3)9-11(18)15-2/h4-10H2,1-3H3,(H,15,18)(H,19,20). The van der Waals surface area contributed by atoms with E-state index in [1.165, 1.54) is 11.9 Å². The zero-order valence-electron chi connectivity index (χ0n) is 13.0.